The molecule has 3 aromatic rings. The lowest BCUT2D eigenvalue weighted by atomic mass is 10.0. The summed E-state index contributed by atoms with van der Waals surface area (Å²) in [4.78, 5) is 35.2. The molecule has 0 spiro atoms. The van der Waals surface area contributed by atoms with Crippen LogP contribution in [0.5, 0.6) is 0 Å². The molecule has 0 bridgehead atoms. The van der Waals surface area contributed by atoms with Gasteiger partial charge in [-0.05, 0) is 18.6 Å². The smallest absolute Gasteiger partial charge is 0.340 e. The van der Waals surface area contributed by atoms with Crippen molar-refractivity contribution in [2.75, 3.05) is 6.61 Å². The largest absolute Gasteiger partial charge is 0.462 e. The summed E-state index contributed by atoms with van der Waals surface area (Å²) in [6, 6.07) is 7.19. The van der Waals surface area contributed by atoms with Crippen LogP contribution in [0.1, 0.15) is 22.8 Å². The summed E-state index contributed by atoms with van der Waals surface area (Å²) in [5.74, 6) is -0.856. The minimum atomic E-state index is -0.459. The number of nitrogens with zero attached hydrogens (tertiary/aromatic N) is 3. The number of esters is 1. The molecule has 1 amide bonds. The maximum Gasteiger partial charge on any atom is 0.340 e. The second-order valence-corrected chi connectivity index (χ2v) is 5.41. The third-order valence-electron chi connectivity index (χ3n) is 3.73. The van der Waals surface area contributed by atoms with E-state index in [1.54, 1.807) is 37.5 Å². The standard InChI is InChI=1S/C18H15N5O3/c1-2-26-18(25)13-8-20-17-15(13)16(22-10-23-17)12-5-3-4-11(6-12)7-14(24)21-9-19/h3-6,8,10H,2,7H2,1H3,(H,21,24)(H,20,22,23). The first-order chi connectivity index (χ1) is 12.6. The maximum atomic E-state index is 12.2. The van der Waals surface area contributed by atoms with Crippen LogP contribution in [0.2, 0.25) is 0 Å². The predicted molar refractivity (Wildman–Crippen MR) is 92.7 cm³/mol. The van der Waals surface area contributed by atoms with Crippen LogP contribution < -0.4 is 5.32 Å². The number of aromatic nitrogens is 3. The molecule has 0 aliphatic rings. The average Bonchev–Trinajstić information content (AvgIpc) is 3.06. The van der Waals surface area contributed by atoms with Crippen LogP contribution in [0.3, 0.4) is 0 Å². The van der Waals surface area contributed by atoms with Gasteiger partial charge in [0.1, 0.15) is 12.0 Å². The SMILES string of the molecule is CCOC(=O)c1c[nH]c2ncnc(-c3cccc(CC(=O)NC#N)c3)c12. The Bertz CT molecular complexity index is 1020. The summed E-state index contributed by atoms with van der Waals surface area (Å²) < 4.78 is 5.09. The third kappa shape index (κ3) is 3.37. The van der Waals surface area contributed by atoms with E-state index in [4.69, 9.17) is 10.00 Å². The molecule has 8 heteroatoms. The van der Waals surface area contributed by atoms with E-state index in [1.165, 1.54) is 6.33 Å². The lowest BCUT2D eigenvalue weighted by molar-refractivity contribution is -0.119. The fourth-order valence-electron chi connectivity index (χ4n) is 2.67. The van der Waals surface area contributed by atoms with Gasteiger partial charge in [-0.3, -0.25) is 10.1 Å². The first-order valence-electron chi connectivity index (χ1n) is 7.90. The van der Waals surface area contributed by atoms with E-state index in [9.17, 15) is 9.59 Å². The highest BCUT2D eigenvalue weighted by Gasteiger charge is 2.19. The minimum Gasteiger partial charge on any atom is -0.462 e. The molecule has 0 aliphatic carbocycles. The van der Waals surface area contributed by atoms with E-state index in [-0.39, 0.29) is 13.0 Å². The number of aromatic amines is 1. The Kier molecular flexibility index (Phi) is 4.90. The van der Waals surface area contributed by atoms with E-state index < -0.39 is 11.9 Å². The first-order valence-corrected chi connectivity index (χ1v) is 7.90. The van der Waals surface area contributed by atoms with Crippen molar-refractivity contribution in [3.63, 3.8) is 0 Å². The van der Waals surface area contributed by atoms with Gasteiger partial charge < -0.3 is 9.72 Å². The van der Waals surface area contributed by atoms with Crippen molar-refractivity contribution in [2.45, 2.75) is 13.3 Å². The van der Waals surface area contributed by atoms with Crippen molar-refractivity contribution >= 4 is 22.9 Å². The summed E-state index contributed by atoms with van der Waals surface area (Å²) in [6.07, 6.45) is 4.62. The molecule has 3 rings (SSSR count). The van der Waals surface area contributed by atoms with Crippen LogP contribution in [0.4, 0.5) is 0 Å². The van der Waals surface area contributed by atoms with E-state index in [2.05, 4.69) is 20.3 Å². The Morgan fingerprint density at radius 2 is 2.19 bits per heavy atom. The van der Waals surface area contributed by atoms with Crippen molar-refractivity contribution in [3.05, 3.63) is 47.9 Å². The molecular formula is C18H15N5O3. The highest BCUT2D eigenvalue weighted by molar-refractivity contribution is 6.08. The van der Waals surface area contributed by atoms with E-state index >= 15 is 0 Å². The molecule has 0 fully saturated rings. The Labute approximate surface area is 148 Å². The van der Waals surface area contributed by atoms with Crippen LogP contribution in [-0.2, 0) is 16.0 Å². The number of fused-ring (bicyclic) bond motifs is 1. The van der Waals surface area contributed by atoms with Gasteiger partial charge in [0.2, 0.25) is 5.91 Å². The highest BCUT2D eigenvalue weighted by Crippen LogP contribution is 2.29. The minimum absolute atomic E-state index is 0.0630. The highest BCUT2D eigenvalue weighted by atomic mass is 16.5. The second-order valence-electron chi connectivity index (χ2n) is 5.41. The Balaban J connectivity index is 2.06. The molecule has 0 saturated carbocycles. The molecule has 0 atom stereocenters. The van der Waals surface area contributed by atoms with E-state index in [1.807, 2.05) is 6.07 Å². The van der Waals surface area contributed by atoms with Crippen LogP contribution in [0, 0.1) is 11.5 Å². The molecule has 2 aromatic heterocycles. The number of ether oxygens (including phenoxy) is 1. The molecular weight excluding hydrogens is 334 g/mol. The van der Waals surface area contributed by atoms with Crippen molar-refractivity contribution in [1.82, 2.24) is 20.3 Å². The monoisotopic (exact) mass is 349 g/mol. The molecule has 0 saturated heterocycles. The molecule has 2 heterocycles. The van der Waals surface area contributed by atoms with Gasteiger partial charge in [0, 0.05) is 11.8 Å². The van der Waals surface area contributed by atoms with Crippen molar-refractivity contribution in [3.8, 4) is 17.5 Å². The van der Waals surface area contributed by atoms with Crippen molar-refractivity contribution < 1.29 is 14.3 Å². The number of nitriles is 1. The lowest BCUT2D eigenvalue weighted by Crippen LogP contribution is -2.19. The summed E-state index contributed by atoms with van der Waals surface area (Å²) in [6.45, 7) is 2.00. The van der Waals surface area contributed by atoms with Gasteiger partial charge >= 0.3 is 5.97 Å². The maximum absolute atomic E-state index is 12.2. The summed E-state index contributed by atoms with van der Waals surface area (Å²) in [5, 5.41) is 11.2. The lowest BCUT2D eigenvalue weighted by Gasteiger charge is -2.07. The number of rotatable bonds is 5. The van der Waals surface area contributed by atoms with Crippen LogP contribution in [0.15, 0.2) is 36.8 Å². The number of hydrogen-bond acceptors (Lipinski definition) is 6. The summed E-state index contributed by atoms with van der Waals surface area (Å²) in [5.41, 5.74) is 2.87. The zero-order valence-corrected chi connectivity index (χ0v) is 13.9. The Hall–Kier alpha value is -3.73. The van der Waals surface area contributed by atoms with Gasteiger partial charge in [-0.25, -0.2) is 14.8 Å². The number of carbonyl (C=O) groups is 2. The predicted octanol–water partition coefficient (Wildman–Crippen LogP) is 1.94. The van der Waals surface area contributed by atoms with Crippen LogP contribution in [0.25, 0.3) is 22.3 Å². The molecule has 0 unspecified atom stereocenters. The zero-order chi connectivity index (χ0) is 18.5. The molecule has 26 heavy (non-hydrogen) atoms. The molecule has 1 aromatic carbocycles. The average molecular weight is 349 g/mol. The molecule has 0 radical (unpaired) electrons. The second kappa shape index (κ2) is 7.44. The summed E-state index contributed by atoms with van der Waals surface area (Å²) in [7, 11) is 0. The van der Waals surface area contributed by atoms with Crippen LogP contribution in [-0.4, -0.2) is 33.4 Å². The number of carbonyl (C=O) groups excluding carboxylic acids is 2. The number of benzene rings is 1. The van der Waals surface area contributed by atoms with Gasteiger partial charge in [0.05, 0.1) is 29.7 Å². The van der Waals surface area contributed by atoms with Crippen LogP contribution >= 0.6 is 0 Å². The fraction of sp³-hybridized carbons (Fsp3) is 0.167. The molecule has 0 aliphatic heterocycles. The quantitative estimate of drug-likeness (QED) is 0.412. The van der Waals surface area contributed by atoms with Gasteiger partial charge in [-0.2, -0.15) is 5.26 Å². The van der Waals surface area contributed by atoms with Gasteiger partial charge in [0.15, 0.2) is 6.19 Å². The summed E-state index contributed by atoms with van der Waals surface area (Å²) >= 11 is 0. The number of hydrogen-bond donors (Lipinski definition) is 2. The van der Waals surface area contributed by atoms with E-state index in [0.29, 0.717) is 22.3 Å². The molecule has 130 valence electrons. The Morgan fingerprint density at radius 1 is 1.35 bits per heavy atom. The third-order valence-corrected chi connectivity index (χ3v) is 3.73. The molecule has 8 nitrogen and oxygen atoms in total. The first kappa shape index (κ1) is 17.1. The van der Waals surface area contributed by atoms with Gasteiger partial charge in [0.25, 0.3) is 0 Å². The topological polar surface area (TPSA) is 121 Å². The van der Waals surface area contributed by atoms with Crippen molar-refractivity contribution in [2.24, 2.45) is 0 Å². The number of H-pyrrole nitrogens is 1. The van der Waals surface area contributed by atoms with Gasteiger partial charge in [-0.15, -0.1) is 0 Å². The normalized spacial score (nSPS) is 10.3. The number of nitrogens with one attached hydrogen (secondary N) is 2. The van der Waals surface area contributed by atoms with Gasteiger partial charge in [-0.1, -0.05) is 18.2 Å². The molecule has 2 N–H and O–H groups in total. The fourth-order valence-corrected chi connectivity index (χ4v) is 2.67. The Morgan fingerprint density at radius 3 is 2.96 bits per heavy atom. The van der Waals surface area contributed by atoms with Crippen molar-refractivity contribution in [1.29, 1.82) is 5.26 Å². The van der Waals surface area contributed by atoms with E-state index in [0.717, 1.165) is 11.1 Å². The zero-order valence-electron chi connectivity index (χ0n) is 13.9. The number of amides is 1.